The molecule has 0 saturated heterocycles. The van der Waals surface area contributed by atoms with E-state index in [4.69, 9.17) is 23.2 Å². The molecule has 0 saturated carbocycles. The molecule has 128 valence electrons. The number of carbonyl (C=O) groups excluding carboxylic acids is 1. The maximum atomic E-state index is 12.5. The van der Waals surface area contributed by atoms with E-state index in [0.717, 1.165) is 10.5 Å². The molecule has 0 radical (unpaired) electrons. The summed E-state index contributed by atoms with van der Waals surface area (Å²) in [7, 11) is 0. The first kappa shape index (κ1) is 19.2. The molecule has 5 heteroatoms. The molecule has 0 heterocycles. The molecule has 2 aromatic carbocycles. The van der Waals surface area contributed by atoms with Crippen molar-refractivity contribution in [3.63, 3.8) is 0 Å². The van der Waals surface area contributed by atoms with Crippen LogP contribution in [0.15, 0.2) is 41.3 Å². The predicted molar refractivity (Wildman–Crippen MR) is 104 cm³/mol. The first-order chi connectivity index (χ1) is 11.3. The molecule has 2 aromatic rings. The molecule has 0 fully saturated rings. The van der Waals surface area contributed by atoms with Gasteiger partial charge in [0.1, 0.15) is 0 Å². The third kappa shape index (κ3) is 4.92. The fourth-order valence-corrected chi connectivity index (χ4v) is 3.96. The number of halogens is 2. The third-order valence-electron chi connectivity index (χ3n) is 3.79. The largest absolute Gasteiger partial charge is 0.349 e. The minimum absolute atomic E-state index is 0.0153. The number of aryl methyl sites for hydroxylation is 2. The molecule has 2 rings (SSSR count). The van der Waals surface area contributed by atoms with Gasteiger partial charge >= 0.3 is 0 Å². The Morgan fingerprint density at radius 1 is 1.08 bits per heavy atom. The second kappa shape index (κ2) is 8.28. The SMILES string of the molecule is Cc1ccc(S[C@@H](C)C(=O)N[C@H](C)c2ccc(Cl)cc2Cl)c(C)c1. The Bertz CT molecular complexity index is 748. The van der Waals surface area contributed by atoms with Crippen molar-refractivity contribution in [1.29, 1.82) is 0 Å². The average Bonchev–Trinajstić information content (AvgIpc) is 2.49. The van der Waals surface area contributed by atoms with Gasteiger partial charge in [0.25, 0.3) is 0 Å². The molecule has 0 aliphatic heterocycles. The molecule has 24 heavy (non-hydrogen) atoms. The maximum absolute atomic E-state index is 12.5. The number of hydrogen-bond donors (Lipinski definition) is 1. The number of nitrogens with one attached hydrogen (secondary N) is 1. The van der Waals surface area contributed by atoms with E-state index >= 15 is 0 Å². The maximum Gasteiger partial charge on any atom is 0.233 e. The Balaban J connectivity index is 2.02. The molecular formula is C19H21Cl2NOS. The summed E-state index contributed by atoms with van der Waals surface area (Å²) in [5.74, 6) is -0.0153. The van der Waals surface area contributed by atoms with Gasteiger partial charge in [-0.3, -0.25) is 4.79 Å². The van der Waals surface area contributed by atoms with Crippen molar-refractivity contribution in [2.24, 2.45) is 0 Å². The summed E-state index contributed by atoms with van der Waals surface area (Å²) >= 11 is 13.7. The van der Waals surface area contributed by atoms with E-state index in [9.17, 15) is 4.79 Å². The lowest BCUT2D eigenvalue weighted by molar-refractivity contribution is -0.120. The predicted octanol–water partition coefficient (Wildman–Crippen LogP) is 5.97. The molecule has 0 bridgehead atoms. The van der Waals surface area contributed by atoms with Crippen molar-refractivity contribution in [2.45, 2.75) is 43.9 Å². The quantitative estimate of drug-likeness (QED) is 0.646. The lowest BCUT2D eigenvalue weighted by atomic mass is 10.1. The highest BCUT2D eigenvalue weighted by Crippen LogP contribution is 2.29. The number of amides is 1. The van der Waals surface area contributed by atoms with Crippen LogP contribution in [0, 0.1) is 13.8 Å². The molecule has 1 amide bonds. The first-order valence-corrected chi connectivity index (χ1v) is 9.40. The topological polar surface area (TPSA) is 29.1 Å². The smallest absolute Gasteiger partial charge is 0.233 e. The van der Waals surface area contributed by atoms with Gasteiger partial charge in [0.15, 0.2) is 0 Å². The summed E-state index contributed by atoms with van der Waals surface area (Å²) in [6.07, 6.45) is 0. The highest BCUT2D eigenvalue weighted by molar-refractivity contribution is 8.00. The van der Waals surface area contributed by atoms with Crippen molar-refractivity contribution in [2.75, 3.05) is 0 Å². The fraction of sp³-hybridized carbons (Fsp3) is 0.316. The van der Waals surface area contributed by atoms with Crippen LogP contribution in [-0.4, -0.2) is 11.2 Å². The van der Waals surface area contributed by atoms with Crippen LogP contribution in [0.4, 0.5) is 0 Å². The Hall–Kier alpha value is -1.16. The van der Waals surface area contributed by atoms with Gasteiger partial charge in [-0.05, 0) is 57.0 Å². The molecule has 0 aliphatic carbocycles. The standard InChI is InChI=1S/C19H21Cl2NOS/c1-11-5-8-18(12(2)9-11)24-14(4)19(23)22-13(3)16-7-6-15(20)10-17(16)21/h5-10,13-14H,1-4H3,(H,22,23)/t13-,14+/m1/s1. The van der Waals surface area contributed by atoms with Crippen molar-refractivity contribution in [3.05, 3.63) is 63.1 Å². The lowest BCUT2D eigenvalue weighted by Gasteiger charge is -2.19. The third-order valence-corrected chi connectivity index (χ3v) is 5.63. The summed E-state index contributed by atoms with van der Waals surface area (Å²) in [6.45, 7) is 7.96. The monoisotopic (exact) mass is 381 g/mol. The van der Waals surface area contributed by atoms with E-state index in [0.29, 0.717) is 10.0 Å². The van der Waals surface area contributed by atoms with Gasteiger partial charge in [0.2, 0.25) is 5.91 Å². The van der Waals surface area contributed by atoms with Crippen LogP contribution in [0.3, 0.4) is 0 Å². The molecular weight excluding hydrogens is 361 g/mol. The first-order valence-electron chi connectivity index (χ1n) is 7.77. The Morgan fingerprint density at radius 3 is 2.42 bits per heavy atom. The number of benzene rings is 2. The van der Waals surface area contributed by atoms with Gasteiger partial charge in [0.05, 0.1) is 11.3 Å². The van der Waals surface area contributed by atoms with Crippen LogP contribution in [0.2, 0.25) is 10.0 Å². The van der Waals surface area contributed by atoms with Crippen LogP contribution in [0.1, 0.15) is 36.6 Å². The minimum atomic E-state index is -0.195. The molecule has 0 aromatic heterocycles. The van der Waals surface area contributed by atoms with E-state index in [-0.39, 0.29) is 17.2 Å². The highest BCUT2D eigenvalue weighted by Gasteiger charge is 2.19. The summed E-state index contributed by atoms with van der Waals surface area (Å²) in [5, 5.41) is 3.97. The van der Waals surface area contributed by atoms with E-state index in [1.54, 1.807) is 23.9 Å². The fourth-order valence-electron chi connectivity index (χ4n) is 2.44. The van der Waals surface area contributed by atoms with Gasteiger partial charge < -0.3 is 5.32 Å². The van der Waals surface area contributed by atoms with Crippen molar-refractivity contribution in [1.82, 2.24) is 5.32 Å². The molecule has 0 aliphatic rings. The van der Waals surface area contributed by atoms with Crippen LogP contribution in [0.5, 0.6) is 0 Å². The molecule has 2 nitrogen and oxygen atoms in total. The van der Waals surface area contributed by atoms with Crippen molar-refractivity contribution in [3.8, 4) is 0 Å². The second-order valence-electron chi connectivity index (χ2n) is 5.93. The van der Waals surface area contributed by atoms with Gasteiger partial charge in [0, 0.05) is 14.9 Å². The van der Waals surface area contributed by atoms with Crippen molar-refractivity contribution >= 4 is 40.9 Å². The summed E-state index contributed by atoms with van der Waals surface area (Å²) in [6, 6.07) is 11.4. The Morgan fingerprint density at radius 2 is 1.79 bits per heavy atom. The average molecular weight is 382 g/mol. The zero-order chi connectivity index (χ0) is 17.9. The molecule has 0 unspecified atom stereocenters. The zero-order valence-electron chi connectivity index (χ0n) is 14.2. The van der Waals surface area contributed by atoms with E-state index in [1.165, 1.54) is 11.1 Å². The molecule has 1 N–H and O–H groups in total. The van der Waals surface area contributed by atoms with Crippen LogP contribution < -0.4 is 5.32 Å². The van der Waals surface area contributed by atoms with E-state index in [1.807, 2.05) is 19.9 Å². The normalized spacial score (nSPS) is 13.4. The number of hydrogen-bond acceptors (Lipinski definition) is 2. The van der Waals surface area contributed by atoms with Gasteiger partial charge in [-0.25, -0.2) is 0 Å². The van der Waals surface area contributed by atoms with Crippen LogP contribution in [0.25, 0.3) is 0 Å². The van der Waals surface area contributed by atoms with Gasteiger partial charge in [-0.1, -0.05) is 47.0 Å². The van der Waals surface area contributed by atoms with Crippen LogP contribution >= 0.6 is 35.0 Å². The number of thioether (sulfide) groups is 1. The molecule has 0 spiro atoms. The van der Waals surface area contributed by atoms with E-state index in [2.05, 4.69) is 37.4 Å². The van der Waals surface area contributed by atoms with Crippen molar-refractivity contribution < 1.29 is 4.79 Å². The Kier molecular flexibility index (Phi) is 6.62. The number of rotatable bonds is 5. The summed E-state index contributed by atoms with van der Waals surface area (Å²) in [4.78, 5) is 13.6. The molecule has 2 atom stereocenters. The van der Waals surface area contributed by atoms with Gasteiger partial charge in [-0.15, -0.1) is 11.8 Å². The minimum Gasteiger partial charge on any atom is -0.349 e. The zero-order valence-corrected chi connectivity index (χ0v) is 16.5. The lowest BCUT2D eigenvalue weighted by Crippen LogP contribution is -2.33. The highest BCUT2D eigenvalue weighted by atomic mass is 35.5. The summed E-state index contributed by atoms with van der Waals surface area (Å²) in [5.41, 5.74) is 3.27. The summed E-state index contributed by atoms with van der Waals surface area (Å²) < 4.78 is 0. The number of carbonyl (C=O) groups is 1. The van der Waals surface area contributed by atoms with Gasteiger partial charge in [-0.2, -0.15) is 0 Å². The Labute approximate surface area is 157 Å². The van der Waals surface area contributed by atoms with E-state index < -0.39 is 0 Å². The van der Waals surface area contributed by atoms with Crippen LogP contribution in [-0.2, 0) is 4.79 Å². The second-order valence-corrected chi connectivity index (χ2v) is 8.15.